The van der Waals surface area contributed by atoms with Gasteiger partial charge in [0.05, 0.1) is 7.11 Å². The summed E-state index contributed by atoms with van der Waals surface area (Å²) >= 11 is 0. The van der Waals surface area contributed by atoms with Crippen molar-refractivity contribution >= 4 is 11.6 Å². The molecular formula is C16H24N2O2. The van der Waals surface area contributed by atoms with E-state index in [0.29, 0.717) is 6.42 Å². The number of carbonyl (C=O) groups is 1. The molecule has 1 N–H and O–H groups in total. The molecule has 1 atom stereocenters. The lowest BCUT2D eigenvalue weighted by molar-refractivity contribution is -0.116. The molecule has 4 heteroatoms. The maximum absolute atomic E-state index is 12.0. The number of rotatable bonds is 5. The molecule has 110 valence electrons. The van der Waals surface area contributed by atoms with Gasteiger partial charge in [-0.1, -0.05) is 13.0 Å². The highest BCUT2D eigenvalue weighted by Crippen LogP contribution is 2.18. The molecule has 1 aliphatic rings. The van der Waals surface area contributed by atoms with Gasteiger partial charge in [-0.15, -0.1) is 0 Å². The molecule has 1 saturated heterocycles. The average molecular weight is 276 g/mol. The monoisotopic (exact) mass is 276 g/mol. The average Bonchev–Trinajstić information content (AvgIpc) is 2.45. The van der Waals surface area contributed by atoms with Crippen LogP contribution in [0.1, 0.15) is 26.2 Å². The minimum atomic E-state index is 0.0662. The van der Waals surface area contributed by atoms with Crippen LogP contribution in [0.15, 0.2) is 24.3 Å². The minimum Gasteiger partial charge on any atom is -0.497 e. The number of hydrogen-bond acceptors (Lipinski definition) is 3. The summed E-state index contributed by atoms with van der Waals surface area (Å²) < 4.78 is 5.14. The minimum absolute atomic E-state index is 0.0662. The van der Waals surface area contributed by atoms with Gasteiger partial charge in [-0.25, -0.2) is 0 Å². The van der Waals surface area contributed by atoms with Crippen LogP contribution in [0.25, 0.3) is 0 Å². The molecule has 2 rings (SSSR count). The van der Waals surface area contributed by atoms with Crippen LogP contribution < -0.4 is 10.1 Å². The van der Waals surface area contributed by atoms with Crippen LogP contribution in [-0.4, -0.2) is 37.6 Å². The number of ether oxygens (including phenoxy) is 1. The number of likely N-dealkylation sites (tertiary alicyclic amines) is 1. The van der Waals surface area contributed by atoms with Crippen LogP contribution in [0.2, 0.25) is 0 Å². The second kappa shape index (κ2) is 7.29. The van der Waals surface area contributed by atoms with Crippen LogP contribution in [-0.2, 0) is 4.79 Å². The fraction of sp³-hybridized carbons (Fsp3) is 0.562. The molecule has 1 amide bonds. The molecule has 1 fully saturated rings. The Balaban J connectivity index is 1.77. The molecule has 4 nitrogen and oxygen atoms in total. The predicted octanol–water partition coefficient (Wildman–Crippen LogP) is 2.76. The molecule has 0 unspecified atom stereocenters. The fourth-order valence-corrected chi connectivity index (χ4v) is 2.67. The van der Waals surface area contributed by atoms with Gasteiger partial charge in [-0.05, 0) is 37.4 Å². The number of benzene rings is 1. The molecule has 20 heavy (non-hydrogen) atoms. The molecule has 0 bridgehead atoms. The zero-order valence-electron chi connectivity index (χ0n) is 12.4. The summed E-state index contributed by atoms with van der Waals surface area (Å²) in [5.41, 5.74) is 0.793. The lowest BCUT2D eigenvalue weighted by Gasteiger charge is -2.30. The Kier molecular flexibility index (Phi) is 5.41. The van der Waals surface area contributed by atoms with Gasteiger partial charge >= 0.3 is 0 Å². The van der Waals surface area contributed by atoms with E-state index in [1.165, 1.54) is 12.8 Å². The second-order valence-electron chi connectivity index (χ2n) is 5.58. The van der Waals surface area contributed by atoms with Crippen molar-refractivity contribution in [3.8, 4) is 5.75 Å². The molecule has 0 saturated carbocycles. The van der Waals surface area contributed by atoms with Gasteiger partial charge < -0.3 is 15.0 Å². The van der Waals surface area contributed by atoms with E-state index >= 15 is 0 Å². The number of anilines is 1. The first-order valence-electron chi connectivity index (χ1n) is 7.33. The number of piperidine rings is 1. The summed E-state index contributed by atoms with van der Waals surface area (Å²) in [6, 6.07) is 7.45. The van der Waals surface area contributed by atoms with E-state index in [1.54, 1.807) is 7.11 Å². The van der Waals surface area contributed by atoms with Gasteiger partial charge in [-0.3, -0.25) is 4.79 Å². The SMILES string of the molecule is COc1cccc(NC(=O)CCN2CCC[C@@H](C)C2)c1. The van der Waals surface area contributed by atoms with E-state index in [-0.39, 0.29) is 5.91 Å². The zero-order chi connectivity index (χ0) is 14.4. The first-order chi connectivity index (χ1) is 9.67. The zero-order valence-corrected chi connectivity index (χ0v) is 12.4. The number of methoxy groups -OCH3 is 1. The van der Waals surface area contributed by atoms with Gasteiger partial charge in [0.2, 0.25) is 5.91 Å². The summed E-state index contributed by atoms with van der Waals surface area (Å²) in [6.07, 6.45) is 3.11. The van der Waals surface area contributed by atoms with Gasteiger partial charge in [0.25, 0.3) is 0 Å². The van der Waals surface area contributed by atoms with Crippen molar-refractivity contribution in [3.05, 3.63) is 24.3 Å². The highest BCUT2D eigenvalue weighted by atomic mass is 16.5. The lowest BCUT2D eigenvalue weighted by Crippen LogP contribution is -2.36. The quantitative estimate of drug-likeness (QED) is 0.899. The summed E-state index contributed by atoms with van der Waals surface area (Å²) in [5, 5.41) is 2.92. The third kappa shape index (κ3) is 4.53. The maximum atomic E-state index is 12.0. The van der Waals surface area contributed by atoms with E-state index in [9.17, 15) is 4.79 Å². The number of nitrogens with one attached hydrogen (secondary N) is 1. The van der Waals surface area contributed by atoms with E-state index in [2.05, 4.69) is 17.1 Å². The smallest absolute Gasteiger partial charge is 0.225 e. The number of carbonyl (C=O) groups excluding carboxylic acids is 1. The summed E-state index contributed by atoms with van der Waals surface area (Å²) in [4.78, 5) is 14.3. The van der Waals surface area contributed by atoms with Gasteiger partial charge in [-0.2, -0.15) is 0 Å². The topological polar surface area (TPSA) is 41.6 Å². The van der Waals surface area contributed by atoms with E-state index in [0.717, 1.165) is 37.0 Å². The number of hydrogen-bond donors (Lipinski definition) is 1. The molecule has 0 aliphatic carbocycles. The number of amides is 1. The Morgan fingerprint density at radius 2 is 2.35 bits per heavy atom. The van der Waals surface area contributed by atoms with Crippen LogP contribution >= 0.6 is 0 Å². The van der Waals surface area contributed by atoms with Crippen LogP contribution in [0, 0.1) is 5.92 Å². The number of nitrogens with zero attached hydrogens (tertiary/aromatic N) is 1. The molecule has 0 radical (unpaired) electrons. The van der Waals surface area contributed by atoms with Crippen molar-refractivity contribution in [2.75, 3.05) is 32.1 Å². The van der Waals surface area contributed by atoms with E-state index in [4.69, 9.17) is 4.74 Å². The van der Waals surface area contributed by atoms with Crippen molar-refractivity contribution in [1.29, 1.82) is 0 Å². The Labute approximate surface area is 121 Å². The molecule has 1 aromatic carbocycles. The van der Waals surface area contributed by atoms with E-state index in [1.807, 2.05) is 24.3 Å². The van der Waals surface area contributed by atoms with Crippen molar-refractivity contribution in [3.63, 3.8) is 0 Å². The summed E-state index contributed by atoms with van der Waals surface area (Å²) in [5.74, 6) is 1.58. The van der Waals surface area contributed by atoms with Crippen LogP contribution in [0.5, 0.6) is 5.75 Å². The van der Waals surface area contributed by atoms with Gasteiger partial charge in [0.15, 0.2) is 0 Å². The van der Waals surface area contributed by atoms with Crippen molar-refractivity contribution in [2.24, 2.45) is 5.92 Å². The summed E-state index contributed by atoms with van der Waals surface area (Å²) in [7, 11) is 1.62. The molecule has 1 aromatic rings. The van der Waals surface area contributed by atoms with Crippen molar-refractivity contribution in [2.45, 2.75) is 26.2 Å². The Bertz CT molecular complexity index is 448. The predicted molar refractivity (Wildman–Crippen MR) is 81.1 cm³/mol. The maximum Gasteiger partial charge on any atom is 0.225 e. The lowest BCUT2D eigenvalue weighted by atomic mass is 10.0. The van der Waals surface area contributed by atoms with Crippen LogP contribution in [0.4, 0.5) is 5.69 Å². The Morgan fingerprint density at radius 1 is 1.50 bits per heavy atom. The highest BCUT2D eigenvalue weighted by molar-refractivity contribution is 5.90. The standard InChI is InChI=1S/C16H24N2O2/c1-13-5-4-9-18(12-13)10-8-16(19)17-14-6-3-7-15(11-14)20-2/h3,6-7,11,13H,4-5,8-10,12H2,1-2H3,(H,17,19)/t13-/m1/s1. The Morgan fingerprint density at radius 3 is 3.10 bits per heavy atom. The highest BCUT2D eigenvalue weighted by Gasteiger charge is 2.16. The molecule has 0 aromatic heterocycles. The third-order valence-electron chi connectivity index (χ3n) is 3.75. The summed E-state index contributed by atoms with van der Waals surface area (Å²) in [6.45, 7) is 5.37. The first-order valence-corrected chi connectivity index (χ1v) is 7.33. The van der Waals surface area contributed by atoms with Gasteiger partial charge in [0, 0.05) is 31.3 Å². The largest absolute Gasteiger partial charge is 0.497 e. The Hall–Kier alpha value is -1.55. The second-order valence-corrected chi connectivity index (χ2v) is 5.58. The fourth-order valence-electron chi connectivity index (χ4n) is 2.67. The van der Waals surface area contributed by atoms with E-state index < -0.39 is 0 Å². The molecule has 1 aliphatic heterocycles. The van der Waals surface area contributed by atoms with Gasteiger partial charge in [0.1, 0.15) is 5.75 Å². The van der Waals surface area contributed by atoms with Crippen LogP contribution in [0.3, 0.4) is 0 Å². The molecular weight excluding hydrogens is 252 g/mol. The molecule has 0 spiro atoms. The van der Waals surface area contributed by atoms with Crippen molar-refractivity contribution < 1.29 is 9.53 Å². The normalized spacial score (nSPS) is 19.6. The molecule has 1 heterocycles. The van der Waals surface area contributed by atoms with Crippen molar-refractivity contribution in [1.82, 2.24) is 4.90 Å². The third-order valence-corrected chi connectivity index (χ3v) is 3.75. The first kappa shape index (κ1) is 14.9.